The van der Waals surface area contributed by atoms with Crippen molar-refractivity contribution in [1.29, 1.82) is 0 Å². The van der Waals surface area contributed by atoms with E-state index in [2.05, 4.69) is 57.3 Å². The molecule has 0 radical (unpaired) electrons. The minimum atomic E-state index is 0.0818. The van der Waals surface area contributed by atoms with Gasteiger partial charge in [0, 0.05) is 33.5 Å². The molecule has 2 atom stereocenters. The zero-order valence-corrected chi connectivity index (χ0v) is 14.2. The van der Waals surface area contributed by atoms with Crippen LogP contribution in [0, 0.1) is 0 Å². The summed E-state index contributed by atoms with van der Waals surface area (Å²) in [6, 6.07) is 8.40. The molecule has 3 nitrogen and oxygen atoms in total. The average molecular weight is 354 g/mol. The molecule has 2 N–H and O–H groups in total. The van der Waals surface area contributed by atoms with E-state index in [1.807, 2.05) is 18.3 Å². The lowest BCUT2D eigenvalue weighted by Crippen LogP contribution is -2.38. The minimum Gasteiger partial charge on any atom is -0.326 e. The predicted molar refractivity (Wildman–Crippen MR) is 88.7 cm³/mol. The molecule has 0 spiro atoms. The molecule has 2 aromatic heterocycles. The second-order valence-electron chi connectivity index (χ2n) is 4.92. The normalized spacial score (nSPS) is 14.4. The summed E-state index contributed by atoms with van der Waals surface area (Å²) >= 11 is 5.26. The van der Waals surface area contributed by atoms with E-state index in [1.165, 1.54) is 4.88 Å². The van der Waals surface area contributed by atoms with Crippen LogP contribution in [0.4, 0.5) is 0 Å². The van der Waals surface area contributed by atoms with Gasteiger partial charge in [-0.05, 0) is 47.6 Å². The van der Waals surface area contributed by atoms with Gasteiger partial charge in [0.2, 0.25) is 0 Å². The Hall–Kier alpha value is -0.750. The highest BCUT2D eigenvalue weighted by molar-refractivity contribution is 9.10. The molecule has 0 aliphatic carbocycles. The number of pyridine rings is 1. The second-order valence-corrected chi connectivity index (χ2v) is 6.83. The first-order valence-corrected chi connectivity index (χ1v) is 8.38. The van der Waals surface area contributed by atoms with E-state index in [9.17, 15) is 0 Å². The number of hydrogen-bond acceptors (Lipinski definition) is 4. The molecule has 20 heavy (non-hydrogen) atoms. The van der Waals surface area contributed by atoms with Gasteiger partial charge < -0.3 is 5.73 Å². The average Bonchev–Trinajstić information content (AvgIpc) is 2.85. The van der Waals surface area contributed by atoms with Crippen LogP contribution in [0.15, 0.2) is 40.3 Å². The van der Waals surface area contributed by atoms with Gasteiger partial charge in [-0.2, -0.15) is 0 Å². The van der Waals surface area contributed by atoms with Crippen LogP contribution in [0.1, 0.15) is 30.0 Å². The Morgan fingerprint density at radius 3 is 2.80 bits per heavy atom. The van der Waals surface area contributed by atoms with E-state index < -0.39 is 0 Å². The summed E-state index contributed by atoms with van der Waals surface area (Å²) in [5, 5.41) is 2.11. The standard InChI is InChI=1S/C15H20BrN3S/c1-3-13(17)15(14-6-4-5-7-18-14)19(2)9-12-8-11(16)10-20-12/h4-8,10,13,15H,3,9,17H2,1-2H3. The number of rotatable bonds is 6. The number of halogens is 1. The molecule has 2 unspecified atom stereocenters. The first kappa shape index (κ1) is 15.6. The second kappa shape index (κ2) is 7.31. The third-order valence-electron chi connectivity index (χ3n) is 3.37. The summed E-state index contributed by atoms with van der Waals surface area (Å²) in [5.74, 6) is 0. The van der Waals surface area contributed by atoms with E-state index in [0.717, 1.165) is 23.1 Å². The van der Waals surface area contributed by atoms with Gasteiger partial charge in [0.15, 0.2) is 0 Å². The van der Waals surface area contributed by atoms with Crippen LogP contribution in [-0.4, -0.2) is 23.0 Å². The summed E-state index contributed by atoms with van der Waals surface area (Å²) < 4.78 is 1.14. The van der Waals surface area contributed by atoms with Gasteiger partial charge in [0.05, 0.1) is 11.7 Å². The Morgan fingerprint density at radius 2 is 2.25 bits per heavy atom. The lowest BCUT2D eigenvalue weighted by molar-refractivity contribution is 0.199. The molecular formula is C15H20BrN3S. The SMILES string of the molecule is CCC(N)C(c1ccccn1)N(C)Cc1cc(Br)cs1. The molecule has 2 rings (SSSR count). The van der Waals surface area contributed by atoms with Crippen molar-refractivity contribution in [3.63, 3.8) is 0 Å². The van der Waals surface area contributed by atoms with Crippen LogP contribution in [0.5, 0.6) is 0 Å². The fourth-order valence-corrected chi connectivity index (χ4v) is 3.84. The quantitative estimate of drug-likeness (QED) is 0.858. The summed E-state index contributed by atoms with van der Waals surface area (Å²) in [6.45, 7) is 3.00. The third-order valence-corrected chi connectivity index (χ3v) is 5.05. The van der Waals surface area contributed by atoms with Gasteiger partial charge >= 0.3 is 0 Å². The van der Waals surface area contributed by atoms with Gasteiger partial charge in [0.25, 0.3) is 0 Å². The van der Waals surface area contributed by atoms with Crippen molar-refractivity contribution >= 4 is 27.3 Å². The zero-order chi connectivity index (χ0) is 14.5. The number of nitrogens with zero attached hydrogens (tertiary/aromatic N) is 2. The van der Waals surface area contributed by atoms with Crippen molar-refractivity contribution in [3.05, 3.63) is 50.9 Å². The van der Waals surface area contributed by atoms with Crippen LogP contribution in [-0.2, 0) is 6.54 Å². The summed E-state index contributed by atoms with van der Waals surface area (Å²) in [5.41, 5.74) is 7.36. The molecule has 0 amide bonds. The number of thiophene rings is 1. The van der Waals surface area contributed by atoms with Gasteiger partial charge in [-0.15, -0.1) is 11.3 Å². The van der Waals surface area contributed by atoms with Gasteiger partial charge in [-0.3, -0.25) is 9.88 Å². The van der Waals surface area contributed by atoms with Crippen LogP contribution in [0.2, 0.25) is 0 Å². The highest BCUT2D eigenvalue weighted by Gasteiger charge is 2.24. The summed E-state index contributed by atoms with van der Waals surface area (Å²) in [4.78, 5) is 8.10. The van der Waals surface area contributed by atoms with Gasteiger partial charge in [-0.1, -0.05) is 13.0 Å². The number of aromatic nitrogens is 1. The number of likely N-dealkylation sites (N-methyl/N-ethyl adjacent to an activating group) is 1. The largest absolute Gasteiger partial charge is 0.326 e. The maximum absolute atomic E-state index is 6.32. The maximum Gasteiger partial charge on any atom is 0.0674 e. The molecule has 0 saturated heterocycles. The van der Waals surface area contributed by atoms with E-state index in [0.29, 0.717) is 0 Å². The van der Waals surface area contributed by atoms with Gasteiger partial charge in [0.1, 0.15) is 0 Å². The first-order chi connectivity index (χ1) is 9.61. The molecular weight excluding hydrogens is 334 g/mol. The van der Waals surface area contributed by atoms with E-state index in [4.69, 9.17) is 5.73 Å². The van der Waals surface area contributed by atoms with E-state index >= 15 is 0 Å². The van der Waals surface area contributed by atoms with Crippen molar-refractivity contribution < 1.29 is 0 Å². The smallest absolute Gasteiger partial charge is 0.0674 e. The number of nitrogens with two attached hydrogens (primary N) is 1. The summed E-state index contributed by atoms with van der Waals surface area (Å²) in [7, 11) is 2.11. The number of hydrogen-bond donors (Lipinski definition) is 1. The van der Waals surface area contributed by atoms with Crippen LogP contribution in [0.3, 0.4) is 0 Å². The van der Waals surface area contributed by atoms with Gasteiger partial charge in [-0.25, -0.2) is 0 Å². The molecule has 0 aromatic carbocycles. The Balaban J connectivity index is 2.18. The Bertz CT molecular complexity index is 529. The highest BCUT2D eigenvalue weighted by atomic mass is 79.9. The molecule has 108 valence electrons. The molecule has 2 heterocycles. The molecule has 0 saturated carbocycles. The monoisotopic (exact) mass is 353 g/mol. The van der Waals surface area contributed by atoms with Crippen molar-refractivity contribution in [2.75, 3.05) is 7.05 Å². The lowest BCUT2D eigenvalue weighted by atomic mass is 10.0. The van der Waals surface area contributed by atoms with Crippen molar-refractivity contribution in [1.82, 2.24) is 9.88 Å². The van der Waals surface area contributed by atoms with Crippen LogP contribution in [0.25, 0.3) is 0 Å². The Morgan fingerprint density at radius 1 is 1.45 bits per heavy atom. The fourth-order valence-electron chi connectivity index (χ4n) is 2.33. The van der Waals surface area contributed by atoms with Crippen molar-refractivity contribution in [2.24, 2.45) is 5.73 Å². The maximum atomic E-state index is 6.32. The highest BCUT2D eigenvalue weighted by Crippen LogP contribution is 2.27. The molecule has 2 aromatic rings. The van der Waals surface area contributed by atoms with Crippen LogP contribution >= 0.6 is 27.3 Å². The minimum absolute atomic E-state index is 0.0818. The van der Waals surface area contributed by atoms with E-state index in [1.54, 1.807) is 11.3 Å². The lowest BCUT2D eigenvalue weighted by Gasteiger charge is -2.31. The zero-order valence-electron chi connectivity index (χ0n) is 11.8. The Labute approximate surface area is 133 Å². The molecule has 0 bridgehead atoms. The van der Waals surface area contributed by atoms with Crippen molar-refractivity contribution in [3.8, 4) is 0 Å². The summed E-state index contributed by atoms with van der Waals surface area (Å²) in [6.07, 6.45) is 2.76. The Kier molecular flexibility index (Phi) is 5.72. The fraction of sp³-hybridized carbons (Fsp3) is 0.400. The molecule has 0 aliphatic heterocycles. The topological polar surface area (TPSA) is 42.1 Å². The molecule has 0 aliphatic rings. The first-order valence-electron chi connectivity index (χ1n) is 6.71. The molecule has 5 heteroatoms. The van der Waals surface area contributed by atoms with Crippen molar-refractivity contribution in [2.45, 2.75) is 32.0 Å². The third kappa shape index (κ3) is 3.88. The predicted octanol–water partition coefficient (Wildman–Crippen LogP) is 3.82. The molecule has 0 fully saturated rings. The van der Waals surface area contributed by atoms with Crippen LogP contribution < -0.4 is 5.73 Å². The van der Waals surface area contributed by atoms with E-state index in [-0.39, 0.29) is 12.1 Å².